The highest BCUT2D eigenvalue weighted by Crippen LogP contribution is 2.36. The van der Waals surface area contributed by atoms with Gasteiger partial charge in [-0.1, -0.05) is 25.0 Å². The maximum Gasteiger partial charge on any atom is 0.254 e. The Hall–Kier alpha value is -3.03. The van der Waals surface area contributed by atoms with Crippen molar-refractivity contribution in [1.82, 2.24) is 14.9 Å². The summed E-state index contributed by atoms with van der Waals surface area (Å²) in [6.07, 6.45) is 7.69. The molecule has 0 radical (unpaired) electrons. The highest BCUT2D eigenvalue weighted by atomic mass is 16.5. The minimum atomic E-state index is -0.443. The fourth-order valence-corrected chi connectivity index (χ4v) is 5.71. The SMILES string of the molecule is O=C1c2cc(Cc3ccc(N4CCOCC4)nc3)c3cccnc3c2CN1C1CCCCC1O. The lowest BCUT2D eigenvalue weighted by molar-refractivity contribution is 0.0192. The number of fused-ring (bicyclic) bond motifs is 3. The van der Waals surface area contributed by atoms with Crippen molar-refractivity contribution in [3.63, 3.8) is 0 Å². The standard InChI is InChI=1S/C27H30N4O3/c32-24-6-2-1-5-23(24)31-17-22-21(27(31)33)15-19(20-4-3-9-28-26(20)22)14-18-7-8-25(29-16-18)30-10-12-34-13-11-30/h3-4,7-9,15-16,23-24,32H,1-2,5-6,10-14,17H2. The lowest BCUT2D eigenvalue weighted by Gasteiger charge is -2.35. The third kappa shape index (κ3) is 3.83. The van der Waals surface area contributed by atoms with Crippen molar-refractivity contribution in [1.29, 1.82) is 0 Å². The number of aliphatic hydroxyl groups is 1. The van der Waals surface area contributed by atoms with Crippen molar-refractivity contribution in [2.24, 2.45) is 0 Å². The lowest BCUT2D eigenvalue weighted by Crippen LogP contribution is -2.45. The molecule has 176 valence electrons. The van der Waals surface area contributed by atoms with Crippen LogP contribution in [-0.4, -0.2) is 64.3 Å². The summed E-state index contributed by atoms with van der Waals surface area (Å²) in [4.78, 5) is 27.0. The van der Waals surface area contributed by atoms with Crippen LogP contribution in [0.5, 0.6) is 0 Å². The van der Waals surface area contributed by atoms with Crippen LogP contribution in [0.15, 0.2) is 42.7 Å². The molecule has 2 unspecified atom stereocenters. The first kappa shape index (κ1) is 21.5. The molecule has 1 amide bonds. The highest BCUT2D eigenvalue weighted by Gasteiger charge is 2.38. The predicted octanol–water partition coefficient (Wildman–Crippen LogP) is 3.32. The third-order valence-electron chi connectivity index (χ3n) is 7.54. The average molecular weight is 459 g/mol. The summed E-state index contributed by atoms with van der Waals surface area (Å²) in [5.41, 5.74) is 4.81. The molecule has 2 aromatic heterocycles. The molecule has 1 N–H and O–H groups in total. The number of rotatable bonds is 4. The largest absolute Gasteiger partial charge is 0.391 e. The van der Waals surface area contributed by atoms with Crippen LogP contribution >= 0.6 is 0 Å². The van der Waals surface area contributed by atoms with Gasteiger partial charge in [-0.25, -0.2) is 4.98 Å². The second-order valence-electron chi connectivity index (χ2n) is 9.61. The fourth-order valence-electron chi connectivity index (χ4n) is 5.71. The second-order valence-corrected chi connectivity index (χ2v) is 9.61. The highest BCUT2D eigenvalue weighted by molar-refractivity contribution is 6.04. The molecule has 7 heteroatoms. The number of carbonyl (C=O) groups is 1. The van der Waals surface area contributed by atoms with Gasteiger partial charge in [-0.2, -0.15) is 0 Å². The lowest BCUT2D eigenvalue weighted by atomic mass is 9.91. The van der Waals surface area contributed by atoms with Crippen molar-refractivity contribution >= 4 is 22.6 Å². The van der Waals surface area contributed by atoms with Crippen molar-refractivity contribution < 1.29 is 14.6 Å². The number of aliphatic hydroxyl groups excluding tert-OH is 1. The van der Waals surface area contributed by atoms with E-state index in [4.69, 9.17) is 9.72 Å². The monoisotopic (exact) mass is 458 g/mol. The normalized spacial score (nSPS) is 22.9. The molecule has 0 bridgehead atoms. The Morgan fingerprint density at radius 3 is 2.74 bits per heavy atom. The summed E-state index contributed by atoms with van der Waals surface area (Å²) in [6, 6.07) is 10.2. The molecule has 1 saturated carbocycles. The van der Waals surface area contributed by atoms with Crippen molar-refractivity contribution in [3.05, 3.63) is 65.0 Å². The fraction of sp³-hybridized carbons (Fsp3) is 0.444. The maximum atomic E-state index is 13.5. The Labute approximate surface area is 199 Å². The van der Waals surface area contributed by atoms with Crippen LogP contribution in [0.3, 0.4) is 0 Å². The van der Waals surface area contributed by atoms with E-state index in [-0.39, 0.29) is 11.9 Å². The van der Waals surface area contributed by atoms with Crippen LogP contribution in [0.4, 0.5) is 5.82 Å². The molecule has 1 aliphatic carbocycles. The van der Waals surface area contributed by atoms with E-state index >= 15 is 0 Å². The van der Waals surface area contributed by atoms with Crippen LogP contribution in [-0.2, 0) is 17.7 Å². The van der Waals surface area contributed by atoms with Gasteiger partial charge >= 0.3 is 0 Å². The first-order chi connectivity index (χ1) is 16.7. The Balaban J connectivity index is 1.31. The molecule has 3 aliphatic rings. The number of nitrogens with zero attached hydrogens (tertiary/aromatic N) is 4. The van der Waals surface area contributed by atoms with Gasteiger partial charge in [0.2, 0.25) is 0 Å². The van der Waals surface area contributed by atoms with Gasteiger partial charge in [-0.3, -0.25) is 9.78 Å². The zero-order valence-corrected chi connectivity index (χ0v) is 19.3. The minimum absolute atomic E-state index is 0.0237. The summed E-state index contributed by atoms with van der Waals surface area (Å²) in [5, 5.41) is 11.7. The summed E-state index contributed by atoms with van der Waals surface area (Å²) >= 11 is 0. The van der Waals surface area contributed by atoms with Gasteiger partial charge in [0.05, 0.1) is 30.9 Å². The van der Waals surface area contributed by atoms with Gasteiger partial charge < -0.3 is 19.6 Å². The van der Waals surface area contributed by atoms with Crippen LogP contribution in [0.2, 0.25) is 0 Å². The van der Waals surface area contributed by atoms with E-state index in [0.29, 0.717) is 13.0 Å². The van der Waals surface area contributed by atoms with E-state index in [1.54, 1.807) is 6.20 Å². The number of hydrogen-bond donors (Lipinski definition) is 1. The van der Waals surface area contributed by atoms with Crippen LogP contribution in [0.1, 0.15) is 52.7 Å². The number of morpholine rings is 1. The summed E-state index contributed by atoms with van der Waals surface area (Å²) in [7, 11) is 0. The molecule has 2 atom stereocenters. The molecule has 34 heavy (non-hydrogen) atoms. The molecule has 6 rings (SSSR count). The molecule has 4 heterocycles. The molecule has 3 aromatic rings. The molecule has 7 nitrogen and oxygen atoms in total. The smallest absolute Gasteiger partial charge is 0.254 e. The summed E-state index contributed by atoms with van der Waals surface area (Å²) < 4.78 is 5.44. The molecule has 0 spiro atoms. The van der Waals surface area contributed by atoms with E-state index in [1.807, 2.05) is 23.2 Å². The quantitative estimate of drug-likeness (QED) is 0.646. The van der Waals surface area contributed by atoms with Crippen LogP contribution < -0.4 is 4.90 Å². The van der Waals surface area contributed by atoms with Gasteiger partial charge in [-0.15, -0.1) is 0 Å². The topological polar surface area (TPSA) is 78.8 Å². The minimum Gasteiger partial charge on any atom is -0.391 e. The van der Waals surface area contributed by atoms with Gasteiger partial charge in [0.15, 0.2) is 0 Å². The number of aromatic nitrogens is 2. The molecule has 1 aromatic carbocycles. The number of amides is 1. The third-order valence-corrected chi connectivity index (χ3v) is 7.54. The summed E-state index contributed by atoms with van der Waals surface area (Å²) in [6.45, 7) is 3.73. The first-order valence-electron chi connectivity index (χ1n) is 12.3. The van der Waals surface area contributed by atoms with E-state index in [0.717, 1.165) is 91.0 Å². The summed E-state index contributed by atoms with van der Waals surface area (Å²) in [5.74, 6) is 1.000. The second kappa shape index (κ2) is 8.96. The molecular weight excluding hydrogens is 428 g/mol. The number of ether oxygens (including phenoxy) is 1. The number of pyridine rings is 2. The van der Waals surface area contributed by atoms with E-state index in [2.05, 4.69) is 28.1 Å². The van der Waals surface area contributed by atoms with Gasteiger partial charge in [-0.05, 0) is 48.6 Å². The Morgan fingerprint density at radius 1 is 1.09 bits per heavy atom. The van der Waals surface area contributed by atoms with Crippen LogP contribution in [0, 0.1) is 0 Å². The van der Waals surface area contributed by atoms with Gasteiger partial charge in [0, 0.05) is 48.5 Å². The molecular formula is C27H30N4O3. The Morgan fingerprint density at radius 2 is 1.94 bits per heavy atom. The molecule has 1 saturated heterocycles. The zero-order chi connectivity index (χ0) is 23.1. The van der Waals surface area contributed by atoms with E-state index < -0.39 is 6.10 Å². The zero-order valence-electron chi connectivity index (χ0n) is 19.3. The Bertz CT molecular complexity index is 1210. The number of hydrogen-bond acceptors (Lipinski definition) is 6. The number of carbonyl (C=O) groups excluding carboxylic acids is 1. The molecule has 2 fully saturated rings. The number of benzene rings is 1. The van der Waals surface area contributed by atoms with E-state index in [9.17, 15) is 9.90 Å². The average Bonchev–Trinajstić information content (AvgIpc) is 3.21. The van der Waals surface area contributed by atoms with Gasteiger partial charge in [0.1, 0.15) is 5.82 Å². The predicted molar refractivity (Wildman–Crippen MR) is 130 cm³/mol. The maximum absolute atomic E-state index is 13.5. The molecule has 2 aliphatic heterocycles. The van der Waals surface area contributed by atoms with E-state index in [1.165, 1.54) is 0 Å². The van der Waals surface area contributed by atoms with Crippen molar-refractivity contribution in [2.75, 3.05) is 31.2 Å². The van der Waals surface area contributed by atoms with Crippen molar-refractivity contribution in [3.8, 4) is 0 Å². The Kier molecular flexibility index (Phi) is 5.67. The van der Waals surface area contributed by atoms with Crippen LogP contribution in [0.25, 0.3) is 10.9 Å². The number of anilines is 1. The first-order valence-corrected chi connectivity index (χ1v) is 12.3. The van der Waals surface area contributed by atoms with Gasteiger partial charge in [0.25, 0.3) is 5.91 Å². The van der Waals surface area contributed by atoms with Crippen molar-refractivity contribution in [2.45, 2.75) is 50.8 Å².